The Morgan fingerprint density at radius 2 is 2.05 bits per heavy atom. The minimum atomic E-state index is -0.0972. The largest absolute Gasteiger partial charge is 0.361 e. The number of carbonyl (C=O) groups is 1. The molecule has 0 unspecified atom stereocenters. The van der Waals surface area contributed by atoms with Gasteiger partial charge < -0.3 is 15.2 Å². The highest BCUT2D eigenvalue weighted by atomic mass is 16.1. The van der Waals surface area contributed by atoms with Crippen LogP contribution in [0.3, 0.4) is 0 Å². The fraction of sp³-hybridized carbons (Fsp3) is 0.312. The number of nitrogens with one attached hydrogen (secondary N) is 2. The molecule has 1 aliphatic carbocycles. The minimum absolute atomic E-state index is 0.0696. The van der Waals surface area contributed by atoms with E-state index in [1.54, 1.807) is 17.0 Å². The van der Waals surface area contributed by atoms with Gasteiger partial charge in [-0.3, -0.25) is 9.59 Å². The van der Waals surface area contributed by atoms with Crippen molar-refractivity contribution in [2.45, 2.75) is 32.4 Å². The maximum atomic E-state index is 12.2. The molecule has 6 heteroatoms. The van der Waals surface area contributed by atoms with Gasteiger partial charge in [0, 0.05) is 37.6 Å². The van der Waals surface area contributed by atoms with Crippen molar-refractivity contribution < 1.29 is 4.79 Å². The average Bonchev–Trinajstić information content (AvgIpc) is 3.32. The number of amides is 1. The van der Waals surface area contributed by atoms with Gasteiger partial charge in [-0.2, -0.15) is 0 Å². The number of anilines is 2. The highest BCUT2D eigenvalue weighted by Gasteiger charge is 2.25. The number of hydrogen-bond acceptors (Lipinski definition) is 4. The lowest BCUT2D eigenvalue weighted by atomic mass is 10.2. The first-order valence-corrected chi connectivity index (χ1v) is 7.31. The normalized spacial score (nSPS) is 13.7. The van der Waals surface area contributed by atoms with Gasteiger partial charge >= 0.3 is 0 Å². The van der Waals surface area contributed by atoms with Crippen LogP contribution in [0.5, 0.6) is 0 Å². The third kappa shape index (κ3) is 3.33. The summed E-state index contributed by atoms with van der Waals surface area (Å²) < 4.78 is 1.75. The molecule has 114 valence electrons. The van der Waals surface area contributed by atoms with E-state index in [0.717, 1.165) is 24.1 Å². The van der Waals surface area contributed by atoms with Gasteiger partial charge in [-0.1, -0.05) is 12.1 Å². The quantitative estimate of drug-likeness (QED) is 0.887. The molecule has 1 aromatic heterocycles. The van der Waals surface area contributed by atoms with Gasteiger partial charge in [0.2, 0.25) is 5.91 Å². The second kappa shape index (κ2) is 6.01. The lowest BCUT2D eigenvalue weighted by Gasteiger charge is -2.09. The Hall–Kier alpha value is -2.63. The van der Waals surface area contributed by atoms with Gasteiger partial charge in [-0.25, -0.2) is 4.98 Å². The molecule has 1 aromatic carbocycles. The summed E-state index contributed by atoms with van der Waals surface area (Å²) in [5.74, 6) is 0.278. The second-order valence-corrected chi connectivity index (χ2v) is 5.45. The Balaban J connectivity index is 1.66. The molecule has 0 spiro atoms. The van der Waals surface area contributed by atoms with E-state index in [0.29, 0.717) is 18.4 Å². The van der Waals surface area contributed by atoms with E-state index < -0.39 is 0 Å². The van der Waals surface area contributed by atoms with Crippen molar-refractivity contribution >= 4 is 17.4 Å². The molecular weight excluding hydrogens is 280 g/mol. The number of rotatable bonds is 5. The maximum Gasteiger partial charge on any atom is 0.293 e. The summed E-state index contributed by atoms with van der Waals surface area (Å²) in [5.41, 5.74) is 1.70. The molecule has 0 saturated heterocycles. The van der Waals surface area contributed by atoms with Gasteiger partial charge in [-0.05, 0) is 30.5 Å². The van der Waals surface area contributed by atoms with Crippen molar-refractivity contribution in [3.8, 4) is 0 Å². The number of nitrogens with zero attached hydrogens (tertiary/aromatic N) is 2. The summed E-state index contributed by atoms with van der Waals surface area (Å²) in [5, 5.41) is 5.80. The standard InChI is InChI=1S/C16H18N4O2/c1-11(21)19-13-4-2-12(3-5-13)10-18-15-16(22)20(9-8-17-15)14-6-7-14/h2-5,8-9,14H,6-7,10H2,1H3,(H,17,18)(H,19,21). The summed E-state index contributed by atoms with van der Waals surface area (Å²) in [6, 6.07) is 7.81. The summed E-state index contributed by atoms with van der Waals surface area (Å²) in [7, 11) is 0. The molecule has 2 N–H and O–H groups in total. The molecule has 3 rings (SSSR count). The van der Waals surface area contributed by atoms with Gasteiger partial charge in [-0.15, -0.1) is 0 Å². The first-order valence-electron chi connectivity index (χ1n) is 7.31. The number of carbonyl (C=O) groups excluding carboxylic acids is 1. The molecule has 1 amide bonds. The first kappa shape index (κ1) is 14.3. The topological polar surface area (TPSA) is 76.0 Å². The molecule has 1 fully saturated rings. The van der Waals surface area contributed by atoms with Crippen LogP contribution in [0.1, 0.15) is 31.4 Å². The lowest BCUT2D eigenvalue weighted by Crippen LogP contribution is -2.23. The van der Waals surface area contributed by atoms with Crippen LogP contribution in [-0.4, -0.2) is 15.5 Å². The highest BCUT2D eigenvalue weighted by molar-refractivity contribution is 5.88. The summed E-state index contributed by atoms with van der Waals surface area (Å²) >= 11 is 0. The lowest BCUT2D eigenvalue weighted by molar-refractivity contribution is -0.114. The summed E-state index contributed by atoms with van der Waals surface area (Å²) in [6.07, 6.45) is 5.53. The molecule has 1 saturated carbocycles. The van der Waals surface area contributed by atoms with Crippen molar-refractivity contribution in [2.24, 2.45) is 0 Å². The van der Waals surface area contributed by atoms with Crippen LogP contribution in [0, 0.1) is 0 Å². The fourth-order valence-corrected chi connectivity index (χ4v) is 2.28. The SMILES string of the molecule is CC(=O)Nc1ccc(CNc2nccn(C3CC3)c2=O)cc1. The van der Waals surface area contributed by atoms with Gasteiger partial charge in [0.25, 0.3) is 5.56 Å². The predicted molar refractivity (Wildman–Crippen MR) is 84.8 cm³/mol. The van der Waals surface area contributed by atoms with E-state index in [2.05, 4.69) is 15.6 Å². The Kier molecular flexibility index (Phi) is 3.91. The Morgan fingerprint density at radius 3 is 2.68 bits per heavy atom. The smallest absolute Gasteiger partial charge is 0.293 e. The van der Waals surface area contributed by atoms with Crippen molar-refractivity contribution in [2.75, 3.05) is 10.6 Å². The zero-order valence-electron chi connectivity index (χ0n) is 12.4. The molecule has 0 radical (unpaired) electrons. The fourth-order valence-electron chi connectivity index (χ4n) is 2.28. The molecule has 1 heterocycles. The molecule has 6 nitrogen and oxygen atoms in total. The molecule has 0 bridgehead atoms. The van der Waals surface area contributed by atoms with E-state index in [-0.39, 0.29) is 11.5 Å². The second-order valence-electron chi connectivity index (χ2n) is 5.45. The molecule has 0 atom stereocenters. The van der Waals surface area contributed by atoms with Crippen molar-refractivity contribution in [3.05, 3.63) is 52.6 Å². The molecule has 2 aromatic rings. The molecule has 0 aliphatic heterocycles. The van der Waals surface area contributed by atoms with Crippen molar-refractivity contribution in [1.82, 2.24) is 9.55 Å². The Labute approximate surface area is 128 Å². The van der Waals surface area contributed by atoms with Gasteiger partial charge in [0.15, 0.2) is 5.82 Å². The van der Waals surface area contributed by atoms with E-state index >= 15 is 0 Å². The number of aromatic nitrogens is 2. The van der Waals surface area contributed by atoms with E-state index in [1.807, 2.05) is 24.3 Å². The van der Waals surface area contributed by atoms with Crippen LogP contribution >= 0.6 is 0 Å². The average molecular weight is 298 g/mol. The zero-order valence-corrected chi connectivity index (χ0v) is 12.4. The Bertz CT molecular complexity index is 733. The number of benzene rings is 1. The molecule has 22 heavy (non-hydrogen) atoms. The molecule has 1 aliphatic rings. The van der Waals surface area contributed by atoms with Gasteiger partial charge in [0.05, 0.1) is 0 Å². The van der Waals surface area contributed by atoms with Gasteiger partial charge in [0.1, 0.15) is 0 Å². The summed E-state index contributed by atoms with van der Waals surface area (Å²) in [6.45, 7) is 1.98. The minimum Gasteiger partial charge on any atom is -0.361 e. The van der Waals surface area contributed by atoms with Crippen LogP contribution in [-0.2, 0) is 11.3 Å². The highest BCUT2D eigenvalue weighted by Crippen LogP contribution is 2.33. The van der Waals surface area contributed by atoms with Crippen LogP contribution in [0.2, 0.25) is 0 Å². The number of hydrogen-bond donors (Lipinski definition) is 2. The third-order valence-electron chi connectivity index (χ3n) is 3.54. The monoisotopic (exact) mass is 298 g/mol. The van der Waals surface area contributed by atoms with Crippen LogP contribution in [0.15, 0.2) is 41.5 Å². The third-order valence-corrected chi connectivity index (χ3v) is 3.54. The maximum absolute atomic E-state index is 12.2. The van der Waals surface area contributed by atoms with Crippen molar-refractivity contribution in [1.29, 1.82) is 0 Å². The van der Waals surface area contributed by atoms with E-state index in [9.17, 15) is 9.59 Å². The zero-order chi connectivity index (χ0) is 15.5. The van der Waals surface area contributed by atoms with Crippen LogP contribution < -0.4 is 16.2 Å². The summed E-state index contributed by atoms with van der Waals surface area (Å²) in [4.78, 5) is 27.3. The first-order chi connectivity index (χ1) is 10.6. The van der Waals surface area contributed by atoms with Crippen molar-refractivity contribution in [3.63, 3.8) is 0 Å². The van der Waals surface area contributed by atoms with E-state index in [1.165, 1.54) is 6.92 Å². The van der Waals surface area contributed by atoms with Crippen LogP contribution in [0.4, 0.5) is 11.5 Å². The Morgan fingerprint density at radius 1 is 1.32 bits per heavy atom. The van der Waals surface area contributed by atoms with E-state index in [4.69, 9.17) is 0 Å². The molecular formula is C16H18N4O2. The van der Waals surface area contributed by atoms with Crippen LogP contribution in [0.25, 0.3) is 0 Å². The predicted octanol–water partition coefficient (Wildman–Crippen LogP) is 2.15.